The highest BCUT2D eigenvalue weighted by Crippen LogP contribution is 2.19. The van der Waals surface area contributed by atoms with Crippen LogP contribution < -0.4 is 0 Å². The lowest BCUT2D eigenvalue weighted by molar-refractivity contribution is -0.150. The fourth-order valence-corrected chi connectivity index (χ4v) is 1.78. The zero-order valence-electron chi connectivity index (χ0n) is 10.3. The second kappa shape index (κ2) is 6.36. The third-order valence-electron chi connectivity index (χ3n) is 2.06. The van der Waals surface area contributed by atoms with Crippen LogP contribution in [0.3, 0.4) is 0 Å². The Hall–Kier alpha value is -1.40. The van der Waals surface area contributed by atoms with Gasteiger partial charge in [-0.15, -0.1) is 0 Å². The van der Waals surface area contributed by atoms with Crippen LogP contribution >= 0.6 is 11.8 Å². The van der Waals surface area contributed by atoms with Crippen LogP contribution in [0.4, 0.5) is 0 Å². The molecule has 0 fully saturated rings. The predicted octanol–water partition coefficient (Wildman–Crippen LogP) is 3.33. The molecule has 1 aromatic rings. The quantitative estimate of drug-likeness (QED) is 0.466. The van der Waals surface area contributed by atoms with Crippen molar-refractivity contribution in [2.75, 3.05) is 6.61 Å². The van der Waals surface area contributed by atoms with Crippen molar-refractivity contribution in [1.82, 2.24) is 0 Å². The molecule has 1 aromatic carbocycles. The van der Waals surface area contributed by atoms with Crippen LogP contribution in [0.1, 0.15) is 20.8 Å². The number of carbonyl (C=O) groups is 1. The first-order valence-corrected chi connectivity index (χ1v) is 6.29. The van der Waals surface area contributed by atoms with Crippen LogP contribution in [0.5, 0.6) is 0 Å². The van der Waals surface area contributed by atoms with E-state index in [1.165, 1.54) is 11.8 Å². The third-order valence-corrected chi connectivity index (χ3v) is 2.77. The average molecular weight is 248 g/mol. The molecule has 17 heavy (non-hydrogen) atoms. The first kappa shape index (κ1) is 13.7. The van der Waals surface area contributed by atoms with Crippen molar-refractivity contribution in [2.45, 2.75) is 25.7 Å². The minimum atomic E-state index is -0.752. The lowest BCUT2D eigenvalue weighted by Crippen LogP contribution is -2.24. The zero-order chi connectivity index (χ0) is 12.7. The Morgan fingerprint density at radius 1 is 1.35 bits per heavy atom. The van der Waals surface area contributed by atoms with Gasteiger partial charge in [0.15, 0.2) is 0 Å². The zero-order valence-corrected chi connectivity index (χ0v) is 11.1. The van der Waals surface area contributed by atoms with E-state index in [-0.39, 0.29) is 5.97 Å². The van der Waals surface area contributed by atoms with Gasteiger partial charge in [-0.2, -0.15) is 0 Å². The summed E-state index contributed by atoms with van der Waals surface area (Å²) in [6.07, 6.45) is 0. The number of hydrogen-bond donors (Lipinski definition) is 0. The normalized spacial score (nSPS) is 10.3. The number of ether oxygens (including phenoxy) is 1. The van der Waals surface area contributed by atoms with Gasteiger partial charge < -0.3 is 4.74 Å². The van der Waals surface area contributed by atoms with Crippen LogP contribution in [0, 0.1) is 16.6 Å². The van der Waals surface area contributed by atoms with E-state index >= 15 is 0 Å². The first-order valence-electron chi connectivity index (χ1n) is 5.47. The largest absolute Gasteiger partial charge is 0.465 e. The van der Waals surface area contributed by atoms with Gasteiger partial charge in [0.1, 0.15) is 5.41 Å². The first-order chi connectivity index (χ1) is 8.06. The van der Waals surface area contributed by atoms with Gasteiger partial charge in [0.2, 0.25) is 0 Å². The lowest BCUT2D eigenvalue weighted by atomic mass is 9.95. The van der Waals surface area contributed by atoms with E-state index < -0.39 is 5.41 Å². The van der Waals surface area contributed by atoms with Crippen LogP contribution in [0.2, 0.25) is 0 Å². The molecule has 0 bridgehead atoms. The molecule has 0 heterocycles. The number of rotatable bonds is 3. The molecular formula is C14H16O2S. The maximum absolute atomic E-state index is 11.6. The van der Waals surface area contributed by atoms with Gasteiger partial charge in [0, 0.05) is 4.90 Å². The summed E-state index contributed by atoms with van der Waals surface area (Å²) in [4.78, 5) is 12.6. The van der Waals surface area contributed by atoms with Crippen molar-refractivity contribution in [1.29, 1.82) is 0 Å². The van der Waals surface area contributed by atoms with Gasteiger partial charge in [-0.25, -0.2) is 0 Å². The molecule has 0 radical (unpaired) electrons. The molecule has 0 aliphatic rings. The predicted molar refractivity (Wildman–Crippen MR) is 70.5 cm³/mol. The van der Waals surface area contributed by atoms with Gasteiger partial charge >= 0.3 is 5.97 Å². The molecule has 3 heteroatoms. The summed E-state index contributed by atoms with van der Waals surface area (Å²) in [5.41, 5.74) is -0.752. The van der Waals surface area contributed by atoms with E-state index in [9.17, 15) is 4.79 Å². The molecule has 0 saturated heterocycles. The molecule has 0 aliphatic carbocycles. The van der Waals surface area contributed by atoms with Crippen molar-refractivity contribution < 1.29 is 9.53 Å². The summed E-state index contributed by atoms with van der Waals surface area (Å²) >= 11 is 1.41. The topological polar surface area (TPSA) is 26.3 Å². The highest BCUT2D eigenvalue weighted by Gasteiger charge is 2.26. The highest BCUT2D eigenvalue weighted by atomic mass is 32.2. The standard InChI is InChI=1S/C14H16O2S/c1-4-16-13(15)14(2,3)10-11-17-12-8-6-5-7-9-12/h5-9H,4H2,1-3H3. The van der Waals surface area contributed by atoms with E-state index in [4.69, 9.17) is 4.74 Å². The van der Waals surface area contributed by atoms with Crippen LogP contribution in [-0.4, -0.2) is 12.6 Å². The lowest BCUT2D eigenvalue weighted by Gasteiger charge is -2.14. The molecule has 0 spiro atoms. The Morgan fingerprint density at radius 3 is 2.59 bits per heavy atom. The number of benzene rings is 1. The van der Waals surface area contributed by atoms with Crippen LogP contribution in [0.25, 0.3) is 0 Å². The van der Waals surface area contributed by atoms with E-state index in [0.717, 1.165) is 4.90 Å². The summed E-state index contributed by atoms with van der Waals surface area (Å²) in [5.74, 6) is 2.65. The van der Waals surface area contributed by atoms with Gasteiger partial charge in [0.05, 0.1) is 6.61 Å². The van der Waals surface area contributed by atoms with Gasteiger partial charge in [-0.05, 0) is 49.9 Å². The van der Waals surface area contributed by atoms with Crippen LogP contribution in [-0.2, 0) is 9.53 Å². The Labute approximate surface area is 107 Å². The van der Waals surface area contributed by atoms with Crippen molar-refractivity contribution in [3.8, 4) is 11.2 Å². The fourth-order valence-electron chi connectivity index (χ4n) is 1.06. The molecule has 90 valence electrons. The maximum atomic E-state index is 11.6. The molecule has 0 unspecified atom stereocenters. The summed E-state index contributed by atoms with van der Waals surface area (Å²) in [6, 6.07) is 9.84. The minimum absolute atomic E-state index is 0.277. The molecular weight excluding hydrogens is 232 g/mol. The smallest absolute Gasteiger partial charge is 0.323 e. The molecule has 1 rings (SSSR count). The van der Waals surface area contributed by atoms with Crippen molar-refractivity contribution in [2.24, 2.45) is 5.41 Å². The molecule has 0 N–H and O–H groups in total. The summed E-state index contributed by atoms with van der Waals surface area (Å²) in [7, 11) is 0. The summed E-state index contributed by atoms with van der Waals surface area (Å²) in [5, 5.41) is 2.95. The summed E-state index contributed by atoms with van der Waals surface area (Å²) in [6.45, 7) is 5.71. The van der Waals surface area contributed by atoms with Crippen molar-refractivity contribution >= 4 is 17.7 Å². The second-order valence-corrected chi connectivity index (χ2v) is 4.87. The molecule has 0 aromatic heterocycles. The number of hydrogen-bond acceptors (Lipinski definition) is 3. The SMILES string of the molecule is CCOC(=O)C(C)(C)C#CSc1ccccc1. The Bertz CT molecular complexity index is 427. The van der Waals surface area contributed by atoms with E-state index in [2.05, 4.69) is 11.2 Å². The number of esters is 1. The fraction of sp³-hybridized carbons (Fsp3) is 0.357. The highest BCUT2D eigenvalue weighted by molar-refractivity contribution is 8.03. The molecule has 0 amide bonds. The van der Waals surface area contributed by atoms with E-state index in [1.54, 1.807) is 20.8 Å². The monoisotopic (exact) mass is 248 g/mol. The second-order valence-electron chi connectivity index (χ2n) is 3.99. The Balaban J connectivity index is 2.62. The van der Waals surface area contributed by atoms with Crippen molar-refractivity contribution in [3.63, 3.8) is 0 Å². The van der Waals surface area contributed by atoms with Gasteiger partial charge in [-0.1, -0.05) is 24.1 Å². The van der Waals surface area contributed by atoms with Crippen LogP contribution in [0.15, 0.2) is 35.2 Å². The van der Waals surface area contributed by atoms with Gasteiger partial charge in [-0.3, -0.25) is 4.79 Å². The molecule has 2 nitrogen and oxygen atoms in total. The summed E-state index contributed by atoms with van der Waals surface area (Å²) < 4.78 is 4.96. The molecule has 0 aliphatic heterocycles. The number of thioether (sulfide) groups is 1. The van der Waals surface area contributed by atoms with E-state index in [1.807, 2.05) is 30.3 Å². The number of carbonyl (C=O) groups excluding carboxylic acids is 1. The molecule has 0 atom stereocenters. The maximum Gasteiger partial charge on any atom is 0.323 e. The minimum Gasteiger partial charge on any atom is -0.465 e. The van der Waals surface area contributed by atoms with Crippen molar-refractivity contribution in [3.05, 3.63) is 30.3 Å². The Kier molecular flexibility index (Phi) is 5.11. The molecule has 0 saturated carbocycles. The van der Waals surface area contributed by atoms with E-state index in [0.29, 0.717) is 6.61 Å². The Morgan fingerprint density at radius 2 is 2.00 bits per heavy atom. The average Bonchev–Trinajstić information content (AvgIpc) is 2.30. The van der Waals surface area contributed by atoms with Gasteiger partial charge in [0.25, 0.3) is 0 Å². The third kappa shape index (κ3) is 4.54.